The van der Waals surface area contributed by atoms with E-state index in [2.05, 4.69) is 382 Å². The third-order valence-electron chi connectivity index (χ3n) is 21.6. The van der Waals surface area contributed by atoms with Crippen LogP contribution in [0.5, 0.6) is 40.2 Å². The number of fused-ring (bicyclic) bond motifs is 9. The Labute approximate surface area is 892 Å². The summed E-state index contributed by atoms with van der Waals surface area (Å²) in [6, 6.07) is 98.3. The summed E-state index contributed by atoms with van der Waals surface area (Å²) < 4.78 is 69.6. The smallest absolute Gasteiger partial charge is 0.188 e. The molecule has 3 heterocycles. The number of benzene rings is 13. The maximum Gasteiger partial charge on any atom is 0.188 e. The number of rotatable bonds is 32. The largest absolute Gasteiger partial charge is 0.496 e. The van der Waals surface area contributed by atoms with Gasteiger partial charge in [0, 0.05) is 138 Å². The van der Waals surface area contributed by atoms with Gasteiger partial charge >= 0.3 is 0 Å². The van der Waals surface area contributed by atoms with Gasteiger partial charge in [0.25, 0.3) is 0 Å². The molecule has 0 bridgehead atoms. The summed E-state index contributed by atoms with van der Waals surface area (Å²) in [6.07, 6.45) is 16.2. The second-order valence-electron chi connectivity index (χ2n) is 34.5. The average Bonchev–Trinajstić information content (AvgIpc) is 1.60. The van der Waals surface area contributed by atoms with Crippen LogP contribution in [0.25, 0.3) is 105 Å². The molecule has 0 atom stereocenters. The number of aryl methyl sites for hydroxylation is 3. The monoisotopic (exact) mass is 2490 g/mol. The minimum Gasteiger partial charge on any atom is -0.496 e. The molecule has 0 spiro atoms. The topological polar surface area (TPSA) is 107 Å². The number of halogens is 2. The fourth-order valence-corrected chi connectivity index (χ4v) is 17.5. The molecule has 0 saturated carbocycles. The number of aromatic nitrogens is 3. The molecule has 13 nitrogen and oxygen atoms in total. The summed E-state index contributed by atoms with van der Waals surface area (Å²) in [5.41, 5.74) is 16.8. The van der Waals surface area contributed by atoms with Crippen molar-refractivity contribution in [3.8, 4) is 79.6 Å². The molecule has 0 amide bonds. The number of methoxy groups -OCH3 is 3. The van der Waals surface area contributed by atoms with Gasteiger partial charge in [-0.05, 0) is 179 Å². The number of nitrogens with zero attached hydrogens (tertiary/aromatic N) is 3. The molecule has 3 aromatic heterocycles. The van der Waals surface area contributed by atoms with Crippen LogP contribution in [0.15, 0.2) is 294 Å². The summed E-state index contributed by atoms with van der Waals surface area (Å²) in [5, 5.41) is 7.22. The van der Waals surface area contributed by atoms with Gasteiger partial charge in [0.15, 0.2) is 31.9 Å². The average molecular weight is 2490 g/mol. The Balaban J connectivity index is 0.000000384. The van der Waals surface area contributed by atoms with Crippen molar-refractivity contribution >= 4 is 113 Å². The van der Waals surface area contributed by atoms with Gasteiger partial charge in [0.2, 0.25) is 0 Å². The van der Waals surface area contributed by atoms with Crippen molar-refractivity contribution in [2.75, 3.05) is 66.6 Å². The fraction of sp³-hybridized carbons (Fsp3) is 0.294. The van der Waals surface area contributed by atoms with Crippen LogP contribution in [0, 0.1) is 62.3 Å². The van der Waals surface area contributed by atoms with Crippen molar-refractivity contribution in [1.29, 1.82) is 0 Å². The first-order valence-electron chi connectivity index (χ1n) is 47.7. The SMILES string of the molecule is COCOc1c(-c2ccccc2OC[Si](C)(C)COc2ccccc2-c2cc(C)cc(-n3c4ccccc4c4ccccc43)c2OCOC)cc(C)cc1-n1c2ccccc2c2ccccc21.COCOc1ccc(C)cc1-n1c2ccccc2c2ccccc21.C[Si](C)(COc1ccccc1Br)COc1ccccc1Br.[CH2-]CCC.[CH2-]CCC.[CH2-]CCC.[CH2-]CCC.[CH2-]CCC.[CH2-]CCC.[Pd].[Pt].[Pt]. The number of ether oxygens (including phenoxy) is 10. The first kappa shape index (κ1) is 121. The summed E-state index contributed by atoms with van der Waals surface area (Å²) in [4.78, 5) is 0. The van der Waals surface area contributed by atoms with Crippen LogP contribution in [-0.2, 0) is 76.8 Å². The number of hydrogen-bond acceptors (Lipinski definition) is 10. The Hall–Kier alpha value is -8.83. The van der Waals surface area contributed by atoms with Gasteiger partial charge in [-0.3, -0.25) is 0 Å². The fourth-order valence-electron chi connectivity index (χ4n) is 14.3. The van der Waals surface area contributed by atoms with E-state index in [0.29, 0.717) is 12.5 Å². The van der Waals surface area contributed by atoms with Gasteiger partial charge in [-0.15, -0.1) is 0 Å². The quantitative estimate of drug-likeness (QED) is 0.0230. The second-order valence-corrected chi connectivity index (χ2v) is 46.0. The van der Waals surface area contributed by atoms with Crippen LogP contribution in [-0.4, -0.2) is 96.5 Å². The zero-order chi connectivity index (χ0) is 98.4. The molecular formula is C119H145Br2N3O10PdPt2Si2-6. The third-order valence-corrected chi connectivity index (χ3v) is 26.6. The maximum absolute atomic E-state index is 6.89. The Morgan fingerprint density at radius 2 is 0.489 bits per heavy atom. The first-order valence-corrected chi connectivity index (χ1v) is 56.1. The standard InChI is InChI=1S/C58H54N2O6Si.C21H19NO2.C16H18Br2O2Si.6C4H9.Pd.2Pt/c1-39-31-47(57(63-35-61-3)53(33-39)59-49-25-13-7-19-41(49)42-20-8-14-26-50(42)59)45-23-11-17-29-55(45)65-37-67(5,6)38-66-56-30-18-12-24-46(56)48-32-40(2)34-54(58(48)64-36-62-4)60-51-27-15-9-21-43(51)44-22-10-16-28-52(44)60;1-15-11-12-21(24-14-23-2)20(13-15)22-18-9-5-3-7-16(18)17-8-4-6-10-19(17)22;1-21(2,11-19-15-9-5-3-7-13(15)17)12-20-16-10-6-4-8-14(16)18;6*1-3-4-2;;;/h7-34H,35-38H2,1-6H3;3-13H,14H2,1-2H3;3-10H,11-12H2,1-2H3;6*1,3-4H2,2H3;;;/q;;;6*-1;;;. The normalized spacial score (nSPS) is 10.6. The van der Waals surface area contributed by atoms with Crippen LogP contribution < -0.4 is 33.2 Å². The minimum atomic E-state index is -2.19. The van der Waals surface area contributed by atoms with E-state index in [-0.39, 0.29) is 82.9 Å². The van der Waals surface area contributed by atoms with Crippen LogP contribution in [0.4, 0.5) is 0 Å². The van der Waals surface area contributed by atoms with Crippen molar-refractivity contribution in [2.24, 2.45) is 0 Å². The number of para-hydroxylation sites is 10. The second kappa shape index (κ2) is 64.7. The van der Waals surface area contributed by atoms with Crippen LogP contribution >= 0.6 is 31.9 Å². The van der Waals surface area contributed by atoms with E-state index in [0.717, 1.165) is 173 Å². The van der Waals surface area contributed by atoms with Crippen molar-refractivity contribution in [2.45, 2.75) is 166 Å². The van der Waals surface area contributed by atoms with Gasteiger partial charge in [0.1, 0.15) is 44.9 Å². The number of hydrogen-bond donors (Lipinski definition) is 0. The molecule has 754 valence electrons. The third kappa shape index (κ3) is 35.0. The zero-order valence-corrected chi connectivity index (χ0v) is 95.7. The maximum atomic E-state index is 6.89. The summed E-state index contributed by atoms with van der Waals surface area (Å²) in [6.45, 7) is 50.2. The molecule has 0 fully saturated rings. The van der Waals surface area contributed by atoms with Gasteiger partial charge in [-0.1, -0.05) is 282 Å². The van der Waals surface area contributed by atoms with Gasteiger partial charge in [-0.25, -0.2) is 0 Å². The molecule has 20 heteroatoms. The van der Waals surface area contributed by atoms with E-state index in [1.165, 1.54) is 87.4 Å². The molecule has 139 heavy (non-hydrogen) atoms. The predicted molar refractivity (Wildman–Crippen MR) is 592 cm³/mol. The molecule has 0 saturated heterocycles. The van der Waals surface area contributed by atoms with Crippen LogP contribution in [0.1, 0.15) is 135 Å². The molecule has 0 N–H and O–H groups in total. The molecule has 0 unspecified atom stereocenters. The molecule has 0 aliphatic carbocycles. The molecule has 0 aliphatic rings. The Morgan fingerprint density at radius 3 is 0.763 bits per heavy atom. The van der Waals surface area contributed by atoms with Crippen molar-refractivity contribution < 1.29 is 110 Å². The van der Waals surface area contributed by atoms with E-state index in [1.807, 2.05) is 78.9 Å². The number of unbranched alkanes of at least 4 members (excludes halogenated alkanes) is 6. The van der Waals surface area contributed by atoms with E-state index in [4.69, 9.17) is 47.4 Å². The zero-order valence-electron chi connectivity index (χ0n) is 84.4. The van der Waals surface area contributed by atoms with Gasteiger partial charge in [0.05, 0.1) is 84.0 Å². The Bertz CT molecular complexity index is 5800. The first-order chi connectivity index (χ1) is 66.0. The predicted octanol–water partition coefficient (Wildman–Crippen LogP) is 34.3. The molecule has 13 aromatic carbocycles. The Kier molecular flexibility index (Phi) is 56.1. The van der Waals surface area contributed by atoms with Crippen LogP contribution in [0.2, 0.25) is 26.2 Å². The Morgan fingerprint density at radius 1 is 0.259 bits per heavy atom. The molecule has 16 rings (SSSR count). The van der Waals surface area contributed by atoms with E-state index < -0.39 is 16.1 Å². The van der Waals surface area contributed by atoms with Gasteiger partial charge < -0.3 is 103 Å². The van der Waals surface area contributed by atoms with Crippen molar-refractivity contribution in [1.82, 2.24) is 13.7 Å². The van der Waals surface area contributed by atoms with Crippen molar-refractivity contribution in [3.63, 3.8) is 0 Å². The molecule has 0 aliphatic heterocycles. The summed E-state index contributed by atoms with van der Waals surface area (Å²) >= 11 is 7.00. The van der Waals surface area contributed by atoms with Crippen LogP contribution in [0.3, 0.4) is 0 Å². The van der Waals surface area contributed by atoms with E-state index >= 15 is 0 Å². The van der Waals surface area contributed by atoms with E-state index in [9.17, 15) is 0 Å². The molecular weight excluding hydrogens is 2340 g/mol. The summed E-state index contributed by atoms with van der Waals surface area (Å²) in [7, 11) is 1.14. The molecule has 0 radical (unpaired) electrons. The molecule has 16 aromatic rings. The van der Waals surface area contributed by atoms with Gasteiger partial charge in [-0.2, -0.15) is 38.5 Å². The van der Waals surface area contributed by atoms with Crippen molar-refractivity contribution in [3.05, 3.63) is 352 Å². The van der Waals surface area contributed by atoms with E-state index in [1.54, 1.807) is 21.3 Å². The summed E-state index contributed by atoms with van der Waals surface area (Å²) in [5.74, 6) is 5.59. The minimum absolute atomic E-state index is 0.